The lowest BCUT2D eigenvalue weighted by molar-refractivity contribution is -0.0226. The monoisotopic (exact) mass is 338 g/mol. The van der Waals surface area contributed by atoms with Gasteiger partial charge >= 0.3 is 0 Å². The highest BCUT2D eigenvalue weighted by molar-refractivity contribution is 7.09. The van der Waals surface area contributed by atoms with E-state index in [1.165, 1.54) is 29.5 Å². The smallest absolute Gasteiger partial charge is 0.275 e. The molecule has 1 amide bonds. The lowest BCUT2D eigenvalue weighted by Gasteiger charge is -2.09. The van der Waals surface area contributed by atoms with Gasteiger partial charge in [0, 0.05) is 11.8 Å². The molecule has 0 radical (unpaired) electrons. The van der Waals surface area contributed by atoms with Gasteiger partial charge in [0.15, 0.2) is 0 Å². The molecule has 23 heavy (non-hydrogen) atoms. The fraction of sp³-hybridized carbons (Fsp3) is 0.333. The zero-order valence-corrected chi connectivity index (χ0v) is 12.8. The molecule has 1 aliphatic heterocycles. The molecule has 0 spiro atoms. The summed E-state index contributed by atoms with van der Waals surface area (Å²) in [5.74, 6) is -1.04. The minimum atomic E-state index is -0.760. The van der Waals surface area contributed by atoms with Crippen molar-refractivity contribution in [3.63, 3.8) is 0 Å². The number of hydrogen-bond acceptors (Lipinski definition) is 6. The van der Waals surface area contributed by atoms with Crippen LogP contribution >= 0.6 is 11.3 Å². The number of rotatable bonds is 4. The van der Waals surface area contributed by atoms with Crippen LogP contribution in [0.5, 0.6) is 0 Å². The Morgan fingerprint density at radius 3 is 2.96 bits per heavy atom. The van der Waals surface area contributed by atoms with E-state index in [0.717, 1.165) is 0 Å². The van der Waals surface area contributed by atoms with E-state index >= 15 is 0 Å². The van der Waals surface area contributed by atoms with Crippen LogP contribution in [-0.2, 0) is 4.74 Å². The van der Waals surface area contributed by atoms with E-state index in [9.17, 15) is 14.3 Å². The summed E-state index contributed by atoms with van der Waals surface area (Å²) >= 11 is 1.22. The first-order chi connectivity index (χ1) is 11.1. The van der Waals surface area contributed by atoms with E-state index in [2.05, 4.69) is 10.3 Å². The second kappa shape index (κ2) is 6.71. The maximum Gasteiger partial charge on any atom is 0.275 e. The molecule has 3 rings (SSSR count). The van der Waals surface area contributed by atoms with Gasteiger partial charge in [-0.25, -0.2) is 9.37 Å². The van der Waals surface area contributed by atoms with Gasteiger partial charge in [0.2, 0.25) is 0 Å². The van der Waals surface area contributed by atoms with Gasteiger partial charge in [-0.05, 0) is 12.1 Å². The number of benzene rings is 1. The number of para-hydroxylation sites is 1. The summed E-state index contributed by atoms with van der Waals surface area (Å²) in [6.45, 7) is -0.274. The highest BCUT2D eigenvalue weighted by Gasteiger charge is 2.36. The molecule has 1 saturated heterocycles. The topological polar surface area (TPSA) is 91.7 Å². The van der Waals surface area contributed by atoms with Crippen LogP contribution in [0.3, 0.4) is 0 Å². The predicted molar refractivity (Wildman–Crippen MR) is 81.8 cm³/mol. The molecule has 0 saturated carbocycles. The maximum atomic E-state index is 13.5. The molecule has 122 valence electrons. The number of amides is 1. The molecule has 0 aliphatic carbocycles. The van der Waals surface area contributed by atoms with Gasteiger partial charge in [-0.15, -0.1) is 11.3 Å². The second-order valence-corrected chi connectivity index (χ2v) is 6.04. The molecule has 6 nitrogen and oxygen atoms in total. The van der Waals surface area contributed by atoms with E-state index in [1.807, 2.05) is 0 Å². The zero-order chi connectivity index (χ0) is 16.4. The van der Waals surface area contributed by atoms with E-state index in [0.29, 0.717) is 11.4 Å². The molecular weight excluding hydrogens is 323 g/mol. The largest absolute Gasteiger partial charge is 0.394 e. The van der Waals surface area contributed by atoms with Crippen LogP contribution in [0.4, 0.5) is 10.1 Å². The number of nitrogens with zero attached hydrogens (tertiary/aromatic N) is 1. The Morgan fingerprint density at radius 2 is 2.26 bits per heavy atom. The fourth-order valence-corrected chi connectivity index (χ4v) is 3.19. The highest BCUT2D eigenvalue weighted by atomic mass is 32.1. The number of carbonyl (C=O) groups is 1. The van der Waals surface area contributed by atoms with Crippen molar-refractivity contribution < 1.29 is 24.1 Å². The van der Waals surface area contributed by atoms with E-state index < -0.39 is 30.0 Å². The van der Waals surface area contributed by atoms with Gasteiger partial charge in [0.05, 0.1) is 18.4 Å². The first-order valence-electron chi connectivity index (χ1n) is 7.04. The fourth-order valence-electron chi connectivity index (χ4n) is 2.34. The summed E-state index contributed by atoms with van der Waals surface area (Å²) in [6.07, 6.45) is -1.54. The average Bonchev–Trinajstić information content (AvgIpc) is 3.16. The van der Waals surface area contributed by atoms with Crippen LogP contribution in [0.15, 0.2) is 29.6 Å². The Bertz CT molecular complexity index is 708. The standard InChI is InChI=1S/C15H15FN2O4S/c16-8-3-1-2-4-9(8)17-14(21)10-7-23-15(18-10)12-5-11(20)13(6-19)22-12/h1-4,7,11-13,19-20H,5-6H2,(H,17,21)/t11-,12-,13+/m0/s1. The van der Waals surface area contributed by atoms with Crippen molar-refractivity contribution in [1.82, 2.24) is 4.98 Å². The minimum absolute atomic E-state index is 0.0833. The van der Waals surface area contributed by atoms with Crippen molar-refractivity contribution in [1.29, 1.82) is 0 Å². The average molecular weight is 338 g/mol. The van der Waals surface area contributed by atoms with E-state index in [4.69, 9.17) is 9.84 Å². The van der Waals surface area contributed by atoms with Crippen LogP contribution in [0, 0.1) is 5.82 Å². The molecule has 3 N–H and O–H groups in total. The molecular formula is C15H15FN2O4S. The van der Waals surface area contributed by atoms with Gasteiger partial charge in [0.1, 0.15) is 28.7 Å². The van der Waals surface area contributed by atoms with Crippen LogP contribution < -0.4 is 5.32 Å². The van der Waals surface area contributed by atoms with Gasteiger partial charge in [0.25, 0.3) is 5.91 Å². The van der Waals surface area contributed by atoms with Crippen LogP contribution in [0.1, 0.15) is 28.0 Å². The molecule has 2 heterocycles. The molecule has 3 atom stereocenters. The van der Waals surface area contributed by atoms with Crippen LogP contribution in [0.25, 0.3) is 0 Å². The Kier molecular flexibility index (Phi) is 4.67. The molecule has 1 aromatic heterocycles. The Labute approximate surface area is 135 Å². The molecule has 1 aliphatic rings. The van der Waals surface area contributed by atoms with Crippen LogP contribution in [0.2, 0.25) is 0 Å². The molecule has 2 aromatic rings. The summed E-state index contributed by atoms with van der Waals surface area (Å²) in [5.41, 5.74) is 0.235. The molecule has 8 heteroatoms. The van der Waals surface area contributed by atoms with Crippen molar-refractivity contribution in [2.75, 3.05) is 11.9 Å². The Morgan fingerprint density at radius 1 is 1.48 bits per heavy atom. The van der Waals surface area contributed by atoms with Crippen molar-refractivity contribution in [3.05, 3.63) is 46.2 Å². The Balaban J connectivity index is 1.70. The van der Waals surface area contributed by atoms with Crippen LogP contribution in [-0.4, -0.2) is 39.9 Å². The molecule has 1 fully saturated rings. The lowest BCUT2D eigenvalue weighted by Crippen LogP contribution is -2.24. The van der Waals surface area contributed by atoms with Gasteiger partial charge in [-0.1, -0.05) is 12.1 Å². The Hall–Kier alpha value is -1.87. The predicted octanol–water partition coefficient (Wildman–Crippen LogP) is 1.72. The van der Waals surface area contributed by atoms with Gasteiger partial charge in [-0.2, -0.15) is 0 Å². The summed E-state index contributed by atoms with van der Waals surface area (Å²) < 4.78 is 19.0. The third-order valence-electron chi connectivity index (χ3n) is 3.56. The number of aliphatic hydroxyl groups excluding tert-OH is 2. The maximum absolute atomic E-state index is 13.5. The number of nitrogens with one attached hydrogen (secondary N) is 1. The van der Waals surface area contributed by atoms with E-state index in [-0.39, 0.29) is 18.0 Å². The molecule has 0 bridgehead atoms. The second-order valence-electron chi connectivity index (χ2n) is 5.15. The number of hydrogen-bond donors (Lipinski definition) is 3. The molecule has 1 aromatic carbocycles. The first-order valence-corrected chi connectivity index (χ1v) is 7.92. The minimum Gasteiger partial charge on any atom is -0.394 e. The number of anilines is 1. The summed E-state index contributed by atoms with van der Waals surface area (Å²) in [7, 11) is 0. The normalized spacial score (nSPS) is 23.9. The summed E-state index contributed by atoms with van der Waals surface area (Å²) in [4.78, 5) is 16.3. The van der Waals surface area contributed by atoms with Crippen molar-refractivity contribution in [2.24, 2.45) is 0 Å². The third kappa shape index (κ3) is 3.40. The number of thiazole rings is 1. The number of carbonyl (C=O) groups excluding carboxylic acids is 1. The van der Waals surface area contributed by atoms with Crippen molar-refractivity contribution >= 4 is 22.9 Å². The summed E-state index contributed by atoms with van der Waals surface area (Å²) in [5, 5.41) is 23.4. The number of halogens is 1. The third-order valence-corrected chi connectivity index (χ3v) is 4.49. The number of ether oxygens (including phenoxy) is 1. The van der Waals surface area contributed by atoms with Crippen molar-refractivity contribution in [2.45, 2.75) is 24.7 Å². The zero-order valence-electron chi connectivity index (χ0n) is 12.0. The quantitative estimate of drug-likeness (QED) is 0.789. The van der Waals surface area contributed by atoms with Gasteiger partial charge < -0.3 is 20.3 Å². The number of aliphatic hydroxyl groups is 2. The first kappa shape index (κ1) is 16.0. The number of aromatic nitrogens is 1. The molecule has 0 unspecified atom stereocenters. The van der Waals surface area contributed by atoms with Crippen molar-refractivity contribution in [3.8, 4) is 0 Å². The van der Waals surface area contributed by atoms with Gasteiger partial charge in [-0.3, -0.25) is 4.79 Å². The van der Waals surface area contributed by atoms with E-state index in [1.54, 1.807) is 11.4 Å². The lowest BCUT2D eigenvalue weighted by atomic mass is 10.1. The summed E-state index contributed by atoms with van der Waals surface area (Å²) in [6, 6.07) is 5.87. The SMILES string of the molecule is O=C(Nc1ccccc1F)c1csc([C@@H]2C[C@H](O)[C@@H](CO)O2)n1. The highest BCUT2D eigenvalue weighted by Crippen LogP contribution is 2.34.